The first kappa shape index (κ1) is 22.0. The van der Waals surface area contributed by atoms with E-state index in [4.69, 9.17) is 0 Å². The molecule has 0 aromatic rings. The second-order valence-electron chi connectivity index (χ2n) is 10.8. The Bertz CT molecular complexity index is 441. The Morgan fingerprint density at radius 1 is 0.808 bits per heavy atom. The van der Waals surface area contributed by atoms with Gasteiger partial charge in [0.25, 0.3) is 0 Å². The Morgan fingerprint density at radius 3 is 1.46 bits per heavy atom. The summed E-state index contributed by atoms with van der Waals surface area (Å²) in [5.74, 6) is 2.81. The Kier molecular flexibility index (Phi) is 7.05. The fourth-order valence-electron chi connectivity index (χ4n) is 6.42. The number of hydrogen-bond acceptors (Lipinski definition) is 2. The standard InChI is InChI=1S/C24H44O2/c1-16(2)21-10-8-18(5)12-23(21,25)14-20(7)15-24(26)13-19(6)9-11-22(24)17(3)4/h16-19,21-22,25-26H,7-15H2,1-6H3/t18-,19-,21+,22+,23-,24-/m1/s1. The van der Waals surface area contributed by atoms with Gasteiger partial charge >= 0.3 is 0 Å². The van der Waals surface area contributed by atoms with Crippen molar-refractivity contribution >= 4 is 0 Å². The number of aliphatic hydroxyl groups is 2. The van der Waals surface area contributed by atoms with Crippen molar-refractivity contribution in [2.24, 2.45) is 35.5 Å². The van der Waals surface area contributed by atoms with Crippen LogP contribution in [-0.2, 0) is 0 Å². The van der Waals surface area contributed by atoms with Crippen molar-refractivity contribution in [1.82, 2.24) is 0 Å². The lowest BCUT2D eigenvalue weighted by atomic mass is 9.62. The van der Waals surface area contributed by atoms with Crippen LogP contribution in [0.4, 0.5) is 0 Å². The van der Waals surface area contributed by atoms with Crippen LogP contribution in [0.3, 0.4) is 0 Å². The van der Waals surface area contributed by atoms with Crippen molar-refractivity contribution in [2.75, 3.05) is 0 Å². The molecule has 0 amide bonds. The molecule has 0 aliphatic heterocycles. The van der Waals surface area contributed by atoms with E-state index in [1.807, 2.05) is 0 Å². The van der Waals surface area contributed by atoms with Crippen LogP contribution in [0, 0.1) is 35.5 Å². The van der Waals surface area contributed by atoms with Crippen LogP contribution in [0.15, 0.2) is 12.2 Å². The molecule has 0 spiro atoms. The zero-order valence-corrected chi connectivity index (χ0v) is 18.2. The molecular weight excluding hydrogens is 320 g/mol. The lowest BCUT2D eigenvalue weighted by Gasteiger charge is -2.48. The molecule has 2 N–H and O–H groups in total. The molecule has 0 aromatic heterocycles. The van der Waals surface area contributed by atoms with Gasteiger partial charge in [-0.15, -0.1) is 0 Å². The molecule has 6 atom stereocenters. The van der Waals surface area contributed by atoms with Gasteiger partial charge in [0.15, 0.2) is 0 Å². The minimum absolute atomic E-state index is 0.344. The largest absolute Gasteiger partial charge is 0.389 e. The van der Waals surface area contributed by atoms with Crippen molar-refractivity contribution in [3.63, 3.8) is 0 Å². The van der Waals surface area contributed by atoms with Crippen molar-refractivity contribution in [3.8, 4) is 0 Å². The quantitative estimate of drug-likeness (QED) is 0.570. The van der Waals surface area contributed by atoms with Crippen LogP contribution in [0.5, 0.6) is 0 Å². The van der Waals surface area contributed by atoms with Crippen molar-refractivity contribution in [2.45, 2.75) is 104 Å². The Labute approximate surface area is 162 Å². The normalized spacial score (nSPS) is 41.6. The Hall–Kier alpha value is -0.340. The number of hydrogen-bond donors (Lipinski definition) is 2. The minimum atomic E-state index is -0.646. The van der Waals surface area contributed by atoms with Crippen LogP contribution in [0.2, 0.25) is 0 Å². The second-order valence-corrected chi connectivity index (χ2v) is 10.8. The SMILES string of the molecule is C=C(C[C@]1(O)C[C@H](C)CC[C@H]1C(C)C)C[C@]1(O)C[C@H](C)CC[C@H]1C(C)C. The van der Waals surface area contributed by atoms with Gasteiger partial charge in [-0.2, -0.15) is 0 Å². The topological polar surface area (TPSA) is 40.5 Å². The third kappa shape index (κ3) is 4.93. The minimum Gasteiger partial charge on any atom is -0.389 e. The van der Waals surface area contributed by atoms with E-state index in [0.717, 1.165) is 31.3 Å². The summed E-state index contributed by atoms with van der Waals surface area (Å²) in [6.07, 6.45) is 7.71. The van der Waals surface area contributed by atoms with Crippen LogP contribution in [0.1, 0.15) is 92.9 Å². The molecule has 0 saturated heterocycles. The highest BCUT2D eigenvalue weighted by Gasteiger charge is 2.46. The summed E-state index contributed by atoms with van der Waals surface area (Å²) >= 11 is 0. The van der Waals surface area contributed by atoms with E-state index >= 15 is 0 Å². The Morgan fingerprint density at radius 2 is 1.15 bits per heavy atom. The average Bonchev–Trinajstić information content (AvgIpc) is 2.44. The number of rotatable bonds is 6. The molecule has 26 heavy (non-hydrogen) atoms. The lowest BCUT2D eigenvalue weighted by molar-refractivity contribution is -0.0930. The maximum atomic E-state index is 11.5. The maximum Gasteiger partial charge on any atom is 0.0717 e. The molecule has 0 heterocycles. The fourth-order valence-corrected chi connectivity index (χ4v) is 6.42. The third-order valence-corrected chi connectivity index (χ3v) is 7.45. The molecule has 0 radical (unpaired) electrons. The highest BCUT2D eigenvalue weighted by Crippen LogP contribution is 2.48. The van der Waals surface area contributed by atoms with Gasteiger partial charge in [0.2, 0.25) is 0 Å². The van der Waals surface area contributed by atoms with E-state index in [1.54, 1.807) is 0 Å². The molecule has 152 valence electrons. The summed E-state index contributed by atoms with van der Waals surface area (Å²) in [7, 11) is 0. The fraction of sp³-hybridized carbons (Fsp3) is 0.917. The first-order chi connectivity index (χ1) is 12.0. The molecule has 2 fully saturated rings. The summed E-state index contributed by atoms with van der Waals surface area (Å²) in [6.45, 7) is 17.8. The summed E-state index contributed by atoms with van der Waals surface area (Å²) in [4.78, 5) is 0. The molecule has 0 unspecified atom stereocenters. The van der Waals surface area contributed by atoms with Crippen LogP contribution in [-0.4, -0.2) is 21.4 Å². The highest BCUT2D eigenvalue weighted by molar-refractivity contribution is 5.11. The van der Waals surface area contributed by atoms with Gasteiger partial charge in [0, 0.05) is 0 Å². The van der Waals surface area contributed by atoms with Crippen LogP contribution < -0.4 is 0 Å². The van der Waals surface area contributed by atoms with Crippen LogP contribution >= 0.6 is 0 Å². The molecule has 2 heteroatoms. The summed E-state index contributed by atoms with van der Waals surface area (Å²) < 4.78 is 0. The second kappa shape index (κ2) is 8.35. The molecule has 0 bridgehead atoms. The van der Waals surface area contributed by atoms with Crippen molar-refractivity contribution in [1.29, 1.82) is 0 Å². The smallest absolute Gasteiger partial charge is 0.0717 e. The lowest BCUT2D eigenvalue weighted by Crippen LogP contribution is -2.48. The van der Waals surface area contributed by atoms with E-state index in [-0.39, 0.29) is 0 Å². The zero-order chi connectivity index (χ0) is 19.7. The van der Waals surface area contributed by atoms with E-state index in [1.165, 1.54) is 12.8 Å². The highest BCUT2D eigenvalue weighted by atomic mass is 16.3. The van der Waals surface area contributed by atoms with Crippen LogP contribution in [0.25, 0.3) is 0 Å². The molecule has 2 saturated carbocycles. The summed E-state index contributed by atoms with van der Waals surface area (Å²) in [5, 5.41) is 23.1. The zero-order valence-electron chi connectivity index (χ0n) is 18.2. The molecule has 0 aromatic carbocycles. The average molecular weight is 365 g/mol. The van der Waals surface area contributed by atoms with Gasteiger partial charge in [0.1, 0.15) is 0 Å². The molecule has 2 aliphatic rings. The summed E-state index contributed by atoms with van der Waals surface area (Å²) in [6, 6.07) is 0. The van der Waals surface area contributed by atoms with E-state index in [0.29, 0.717) is 48.3 Å². The maximum absolute atomic E-state index is 11.5. The van der Waals surface area contributed by atoms with Gasteiger partial charge in [0.05, 0.1) is 11.2 Å². The van der Waals surface area contributed by atoms with Gasteiger partial charge in [-0.1, -0.05) is 66.5 Å². The Balaban J connectivity index is 2.12. The first-order valence-electron chi connectivity index (χ1n) is 11.1. The van der Waals surface area contributed by atoms with E-state index in [2.05, 4.69) is 48.1 Å². The monoisotopic (exact) mass is 364 g/mol. The molecule has 2 nitrogen and oxygen atoms in total. The van der Waals surface area contributed by atoms with Crippen molar-refractivity contribution < 1.29 is 10.2 Å². The molecular formula is C24H44O2. The molecule has 2 rings (SSSR count). The van der Waals surface area contributed by atoms with E-state index < -0.39 is 11.2 Å². The van der Waals surface area contributed by atoms with Gasteiger partial charge in [-0.3, -0.25) is 0 Å². The van der Waals surface area contributed by atoms with Gasteiger partial charge < -0.3 is 10.2 Å². The first-order valence-corrected chi connectivity index (χ1v) is 11.1. The third-order valence-electron chi connectivity index (χ3n) is 7.45. The van der Waals surface area contributed by atoms with Crippen molar-refractivity contribution in [3.05, 3.63) is 12.2 Å². The van der Waals surface area contributed by atoms with Gasteiger partial charge in [-0.25, -0.2) is 0 Å². The van der Waals surface area contributed by atoms with Gasteiger partial charge in [-0.05, 0) is 74.0 Å². The predicted octanol–water partition coefficient (Wildman–Crippen LogP) is 5.97. The van der Waals surface area contributed by atoms with E-state index in [9.17, 15) is 10.2 Å². The molecule has 2 aliphatic carbocycles. The predicted molar refractivity (Wildman–Crippen MR) is 111 cm³/mol. The summed E-state index contributed by atoms with van der Waals surface area (Å²) in [5.41, 5.74) is -0.241.